The zero-order valence-electron chi connectivity index (χ0n) is 11.7. The molecule has 1 aromatic rings. The molecule has 0 aliphatic carbocycles. The van der Waals surface area contributed by atoms with E-state index in [9.17, 15) is 14.7 Å². The second-order valence-electron chi connectivity index (χ2n) is 4.89. The second kappa shape index (κ2) is 6.04. The summed E-state index contributed by atoms with van der Waals surface area (Å²) < 4.78 is 6.76. The molecular weight excluding hydrogens is 262 g/mol. The lowest BCUT2D eigenvalue weighted by molar-refractivity contribution is -0.142. The molecule has 1 aromatic heterocycles. The summed E-state index contributed by atoms with van der Waals surface area (Å²) in [5, 5.41) is 13.2. The van der Waals surface area contributed by atoms with Crippen LogP contribution in [0.25, 0.3) is 0 Å². The minimum Gasteiger partial charge on any atom is -0.481 e. The SMILES string of the molecule is CCCN(C(=O)c1ccnn1C)C1COCC1C(=O)O. The predicted molar refractivity (Wildman–Crippen MR) is 70.3 cm³/mol. The van der Waals surface area contributed by atoms with Crippen molar-refractivity contribution in [2.75, 3.05) is 19.8 Å². The Kier molecular flexibility index (Phi) is 4.39. The van der Waals surface area contributed by atoms with Crippen molar-refractivity contribution in [2.24, 2.45) is 13.0 Å². The molecule has 20 heavy (non-hydrogen) atoms. The molecule has 1 amide bonds. The summed E-state index contributed by atoms with van der Waals surface area (Å²) in [7, 11) is 1.69. The third-order valence-corrected chi connectivity index (χ3v) is 3.53. The van der Waals surface area contributed by atoms with E-state index in [1.807, 2.05) is 6.92 Å². The van der Waals surface area contributed by atoms with E-state index >= 15 is 0 Å². The fourth-order valence-electron chi connectivity index (χ4n) is 2.48. The lowest BCUT2D eigenvalue weighted by atomic mass is 10.0. The highest BCUT2D eigenvalue weighted by Crippen LogP contribution is 2.22. The summed E-state index contributed by atoms with van der Waals surface area (Å²) in [6, 6.07) is 1.21. The number of carbonyl (C=O) groups excluding carboxylic acids is 1. The van der Waals surface area contributed by atoms with Crippen LogP contribution in [0.2, 0.25) is 0 Å². The molecule has 1 fully saturated rings. The summed E-state index contributed by atoms with van der Waals surface area (Å²) >= 11 is 0. The molecule has 2 rings (SSSR count). The highest BCUT2D eigenvalue weighted by Gasteiger charge is 2.40. The number of rotatable bonds is 5. The maximum atomic E-state index is 12.6. The van der Waals surface area contributed by atoms with Crippen molar-refractivity contribution in [3.8, 4) is 0 Å². The van der Waals surface area contributed by atoms with Gasteiger partial charge in [-0.15, -0.1) is 0 Å². The quantitative estimate of drug-likeness (QED) is 0.843. The third-order valence-electron chi connectivity index (χ3n) is 3.53. The number of hydrogen-bond acceptors (Lipinski definition) is 4. The number of nitrogens with zero attached hydrogens (tertiary/aromatic N) is 3. The number of carboxylic acids is 1. The van der Waals surface area contributed by atoms with E-state index in [4.69, 9.17) is 4.74 Å². The summed E-state index contributed by atoms with van der Waals surface area (Å²) in [6.45, 7) is 2.87. The maximum Gasteiger partial charge on any atom is 0.311 e. The molecule has 1 saturated heterocycles. The Morgan fingerprint density at radius 3 is 2.85 bits per heavy atom. The van der Waals surface area contributed by atoms with E-state index in [1.54, 1.807) is 24.2 Å². The molecule has 7 nitrogen and oxygen atoms in total. The smallest absolute Gasteiger partial charge is 0.311 e. The van der Waals surface area contributed by atoms with E-state index in [-0.39, 0.29) is 19.1 Å². The third kappa shape index (κ3) is 2.67. The van der Waals surface area contributed by atoms with Crippen LogP contribution in [-0.2, 0) is 16.6 Å². The normalized spacial score (nSPS) is 21.9. The first-order valence-electron chi connectivity index (χ1n) is 6.65. The molecule has 110 valence electrons. The fourth-order valence-corrected chi connectivity index (χ4v) is 2.48. The van der Waals surface area contributed by atoms with Gasteiger partial charge in [0.1, 0.15) is 11.6 Å². The number of aromatic nitrogens is 2. The lowest BCUT2D eigenvalue weighted by Gasteiger charge is -2.30. The van der Waals surface area contributed by atoms with Gasteiger partial charge in [-0.1, -0.05) is 6.92 Å². The second-order valence-corrected chi connectivity index (χ2v) is 4.89. The molecule has 1 aliphatic rings. The van der Waals surface area contributed by atoms with E-state index in [0.717, 1.165) is 6.42 Å². The number of aryl methyl sites for hydroxylation is 1. The number of amides is 1. The van der Waals surface area contributed by atoms with Gasteiger partial charge in [-0.3, -0.25) is 14.3 Å². The molecule has 7 heteroatoms. The highest BCUT2D eigenvalue weighted by molar-refractivity contribution is 5.93. The van der Waals surface area contributed by atoms with Crippen molar-refractivity contribution in [3.05, 3.63) is 18.0 Å². The molecule has 2 unspecified atom stereocenters. The molecule has 2 atom stereocenters. The van der Waals surface area contributed by atoms with Gasteiger partial charge in [0, 0.05) is 19.8 Å². The minimum atomic E-state index is -0.925. The first-order chi connectivity index (χ1) is 9.56. The van der Waals surface area contributed by atoms with Crippen LogP contribution in [0.5, 0.6) is 0 Å². The van der Waals surface area contributed by atoms with Crippen molar-refractivity contribution in [3.63, 3.8) is 0 Å². The van der Waals surface area contributed by atoms with Crippen molar-refractivity contribution >= 4 is 11.9 Å². The van der Waals surface area contributed by atoms with Crippen LogP contribution in [-0.4, -0.2) is 57.5 Å². The average Bonchev–Trinajstić information content (AvgIpc) is 3.03. The molecule has 1 N–H and O–H groups in total. The Hall–Kier alpha value is -1.89. The van der Waals surface area contributed by atoms with Gasteiger partial charge in [0.25, 0.3) is 5.91 Å². The van der Waals surface area contributed by atoms with Crippen molar-refractivity contribution < 1.29 is 19.4 Å². The largest absolute Gasteiger partial charge is 0.481 e. The first-order valence-corrected chi connectivity index (χ1v) is 6.65. The first kappa shape index (κ1) is 14.5. The summed E-state index contributed by atoms with van der Waals surface area (Å²) in [5.41, 5.74) is 0.453. The Morgan fingerprint density at radius 1 is 1.55 bits per heavy atom. The van der Waals surface area contributed by atoms with E-state index in [1.165, 1.54) is 4.68 Å². The monoisotopic (exact) mass is 281 g/mol. The molecule has 0 spiro atoms. The van der Waals surface area contributed by atoms with E-state index < -0.39 is 17.9 Å². The number of hydrogen-bond donors (Lipinski definition) is 1. The minimum absolute atomic E-state index is 0.152. The van der Waals surface area contributed by atoms with Crippen LogP contribution in [0.3, 0.4) is 0 Å². The fraction of sp³-hybridized carbons (Fsp3) is 0.615. The van der Waals surface area contributed by atoms with Crippen LogP contribution in [0.1, 0.15) is 23.8 Å². The molecule has 1 aliphatic heterocycles. The Morgan fingerprint density at radius 2 is 2.30 bits per heavy atom. The molecular formula is C13H19N3O4. The van der Waals surface area contributed by atoms with Crippen LogP contribution < -0.4 is 0 Å². The maximum absolute atomic E-state index is 12.6. The van der Waals surface area contributed by atoms with Gasteiger partial charge in [0.05, 0.1) is 19.3 Å². The Bertz CT molecular complexity index is 500. The van der Waals surface area contributed by atoms with Gasteiger partial charge in [0.15, 0.2) is 0 Å². The average molecular weight is 281 g/mol. The van der Waals surface area contributed by atoms with Gasteiger partial charge in [0.2, 0.25) is 0 Å². The molecule has 0 bridgehead atoms. The van der Waals surface area contributed by atoms with Gasteiger partial charge >= 0.3 is 5.97 Å². The van der Waals surface area contributed by atoms with Crippen molar-refractivity contribution in [1.82, 2.24) is 14.7 Å². The Balaban J connectivity index is 2.24. The molecule has 2 heterocycles. The van der Waals surface area contributed by atoms with Gasteiger partial charge in [-0.2, -0.15) is 5.10 Å². The molecule has 0 saturated carbocycles. The molecule has 0 radical (unpaired) electrons. The zero-order valence-corrected chi connectivity index (χ0v) is 11.7. The number of ether oxygens (including phenoxy) is 1. The summed E-state index contributed by atoms with van der Waals surface area (Å²) in [5.74, 6) is -1.79. The number of carbonyl (C=O) groups is 2. The summed E-state index contributed by atoms with van der Waals surface area (Å²) in [6.07, 6.45) is 2.31. The van der Waals surface area contributed by atoms with Crippen molar-refractivity contribution in [2.45, 2.75) is 19.4 Å². The highest BCUT2D eigenvalue weighted by atomic mass is 16.5. The van der Waals surface area contributed by atoms with E-state index in [2.05, 4.69) is 5.10 Å². The van der Waals surface area contributed by atoms with Crippen LogP contribution >= 0.6 is 0 Å². The lowest BCUT2D eigenvalue weighted by Crippen LogP contribution is -2.47. The van der Waals surface area contributed by atoms with Gasteiger partial charge < -0.3 is 14.7 Å². The topological polar surface area (TPSA) is 84.7 Å². The Labute approximate surface area is 117 Å². The number of aliphatic carboxylic acids is 1. The molecule has 0 aromatic carbocycles. The van der Waals surface area contributed by atoms with Crippen LogP contribution in [0.15, 0.2) is 12.3 Å². The van der Waals surface area contributed by atoms with Crippen LogP contribution in [0, 0.1) is 5.92 Å². The van der Waals surface area contributed by atoms with Gasteiger partial charge in [-0.05, 0) is 12.5 Å². The van der Waals surface area contributed by atoms with Crippen molar-refractivity contribution in [1.29, 1.82) is 0 Å². The van der Waals surface area contributed by atoms with E-state index in [0.29, 0.717) is 12.2 Å². The van der Waals surface area contributed by atoms with Crippen LogP contribution in [0.4, 0.5) is 0 Å². The summed E-state index contributed by atoms with van der Waals surface area (Å²) in [4.78, 5) is 25.4. The predicted octanol–water partition coefficient (Wildman–Crippen LogP) is 0.372. The number of carboxylic acid groups (broad SMARTS) is 1. The standard InChI is InChI=1S/C13H19N3O4/c1-3-6-16(11-8-20-7-9(11)13(18)19)12(17)10-4-5-14-15(10)2/h4-5,9,11H,3,6-8H2,1-2H3,(H,18,19). The van der Waals surface area contributed by atoms with Gasteiger partial charge in [-0.25, -0.2) is 0 Å². The zero-order chi connectivity index (χ0) is 14.7.